The summed E-state index contributed by atoms with van der Waals surface area (Å²) in [7, 11) is 1.66. The van der Waals surface area contributed by atoms with Crippen molar-refractivity contribution >= 4 is 11.9 Å². The molecule has 1 saturated carbocycles. The van der Waals surface area contributed by atoms with Crippen molar-refractivity contribution in [3.05, 3.63) is 23.7 Å². The number of carbonyl (C=O) groups excluding carboxylic acids is 1. The number of nitrogens with zero attached hydrogens (tertiary/aromatic N) is 2. The van der Waals surface area contributed by atoms with Gasteiger partial charge in [-0.3, -0.25) is 9.69 Å². The molecule has 0 radical (unpaired) electrons. The molecular weight excluding hydrogens is 318 g/mol. The number of ether oxygens (including phenoxy) is 1. The van der Waals surface area contributed by atoms with Gasteiger partial charge in [0.05, 0.1) is 0 Å². The van der Waals surface area contributed by atoms with E-state index in [1.807, 2.05) is 6.08 Å². The van der Waals surface area contributed by atoms with Crippen LogP contribution in [0.1, 0.15) is 51.9 Å². The molecule has 0 aromatic heterocycles. The van der Waals surface area contributed by atoms with Crippen LogP contribution in [0.4, 0.5) is 0 Å². The van der Waals surface area contributed by atoms with Gasteiger partial charge in [-0.15, -0.1) is 0 Å². The Balaban J connectivity index is 1.77. The first-order valence-corrected chi connectivity index (χ1v) is 9.29. The van der Waals surface area contributed by atoms with Gasteiger partial charge in [-0.2, -0.15) is 0 Å². The molecule has 0 spiro atoms. The molecule has 1 fully saturated rings. The van der Waals surface area contributed by atoms with Crippen molar-refractivity contribution < 1.29 is 14.6 Å². The summed E-state index contributed by atoms with van der Waals surface area (Å²) in [6.45, 7) is 2.18. The van der Waals surface area contributed by atoms with Gasteiger partial charge < -0.3 is 15.6 Å². The molecule has 6 nitrogen and oxygen atoms in total. The maximum atomic E-state index is 12.9. The van der Waals surface area contributed by atoms with Gasteiger partial charge in [-0.05, 0) is 36.8 Å². The molecule has 138 valence electrons. The number of hydrogen-bond donors (Lipinski definition) is 2. The average molecular weight is 347 g/mol. The lowest BCUT2D eigenvalue weighted by Crippen LogP contribution is -2.46. The lowest BCUT2D eigenvalue weighted by atomic mass is 9.79. The van der Waals surface area contributed by atoms with E-state index in [9.17, 15) is 9.90 Å². The van der Waals surface area contributed by atoms with E-state index in [2.05, 4.69) is 11.9 Å². The number of aliphatic hydroxyl groups excluding tert-OH is 1. The fourth-order valence-electron chi connectivity index (χ4n) is 4.04. The first-order chi connectivity index (χ1) is 11.9. The molecule has 3 aliphatic rings. The summed E-state index contributed by atoms with van der Waals surface area (Å²) in [5.41, 5.74) is 4.96. The molecule has 1 amide bonds. The van der Waals surface area contributed by atoms with Crippen molar-refractivity contribution in [1.29, 1.82) is 0 Å². The largest absolute Gasteiger partial charge is 0.504 e. The third-order valence-electron chi connectivity index (χ3n) is 5.56. The summed E-state index contributed by atoms with van der Waals surface area (Å²) in [6.07, 6.45) is 11.0. The van der Waals surface area contributed by atoms with Crippen LogP contribution in [0.25, 0.3) is 0 Å². The van der Waals surface area contributed by atoms with Crippen molar-refractivity contribution in [3.8, 4) is 0 Å². The molecule has 0 bridgehead atoms. The topological polar surface area (TPSA) is 88.2 Å². The molecule has 6 heteroatoms. The van der Waals surface area contributed by atoms with Crippen LogP contribution in [-0.2, 0) is 9.53 Å². The van der Waals surface area contributed by atoms with E-state index in [-0.39, 0.29) is 24.2 Å². The van der Waals surface area contributed by atoms with Crippen LogP contribution >= 0.6 is 0 Å². The van der Waals surface area contributed by atoms with Crippen LogP contribution in [0.3, 0.4) is 0 Å². The monoisotopic (exact) mass is 347 g/mol. The molecule has 1 aliphatic heterocycles. The van der Waals surface area contributed by atoms with E-state index in [0.717, 1.165) is 19.3 Å². The second kappa shape index (κ2) is 7.10. The Hall–Kier alpha value is -1.98. The van der Waals surface area contributed by atoms with E-state index in [0.29, 0.717) is 24.0 Å². The summed E-state index contributed by atoms with van der Waals surface area (Å²) >= 11 is 0. The minimum atomic E-state index is -0.970. The molecule has 2 atom stereocenters. The van der Waals surface area contributed by atoms with Crippen molar-refractivity contribution in [2.24, 2.45) is 22.6 Å². The van der Waals surface area contributed by atoms with Gasteiger partial charge in [-0.25, -0.2) is 4.99 Å². The SMILES string of the molecule is C[C@H]1C=C(OCC2(CC3CCCCC3)N=C(N)N(C)C2=O)C(O)=CC1. The van der Waals surface area contributed by atoms with E-state index in [1.54, 1.807) is 13.1 Å². The molecule has 1 heterocycles. The molecule has 0 saturated heterocycles. The Morgan fingerprint density at radius 2 is 2.12 bits per heavy atom. The Morgan fingerprint density at radius 3 is 2.76 bits per heavy atom. The Labute approximate surface area is 149 Å². The Kier molecular flexibility index (Phi) is 5.06. The maximum absolute atomic E-state index is 12.9. The van der Waals surface area contributed by atoms with Crippen molar-refractivity contribution in [2.45, 2.75) is 57.4 Å². The Bertz CT molecular complexity index is 619. The number of guanidine groups is 1. The zero-order chi connectivity index (χ0) is 18.0. The second-order valence-electron chi connectivity index (χ2n) is 7.70. The van der Waals surface area contributed by atoms with E-state index in [1.165, 1.54) is 24.2 Å². The molecular formula is C19H29N3O3. The van der Waals surface area contributed by atoms with Crippen LogP contribution < -0.4 is 5.73 Å². The van der Waals surface area contributed by atoms with Crippen LogP contribution in [-0.4, -0.2) is 41.1 Å². The Morgan fingerprint density at radius 1 is 1.40 bits per heavy atom. The van der Waals surface area contributed by atoms with Crippen LogP contribution in [0.5, 0.6) is 0 Å². The summed E-state index contributed by atoms with van der Waals surface area (Å²) in [6, 6.07) is 0. The minimum Gasteiger partial charge on any atom is -0.504 e. The van der Waals surface area contributed by atoms with E-state index < -0.39 is 5.54 Å². The molecule has 25 heavy (non-hydrogen) atoms. The second-order valence-corrected chi connectivity index (χ2v) is 7.70. The highest BCUT2D eigenvalue weighted by molar-refractivity contribution is 6.06. The molecule has 0 aromatic rings. The number of aliphatic imine (C=N–C) groups is 1. The number of nitrogens with two attached hydrogens (primary N) is 1. The van der Waals surface area contributed by atoms with Crippen LogP contribution in [0.15, 0.2) is 28.7 Å². The number of amides is 1. The molecule has 2 aliphatic carbocycles. The highest BCUT2D eigenvalue weighted by atomic mass is 16.5. The van der Waals surface area contributed by atoms with Crippen LogP contribution in [0, 0.1) is 11.8 Å². The van der Waals surface area contributed by atoms with Gasteiger partial charge in [0.25, 0.3) is 5.91 Å². The first kappa shape index (κ1) is 17.8. The zero-order valence-corrected chi connectivity index (χ0v) is 15.2. The van der Waals surface area contributed by atoms with Crippen LogP contribution in [0.2, 0.25) is 0 Å². The summed E-state index contributed by atoms with van der Waals surface area (Å²) in [5.74, 6) is 1.49. The number of hydrogen-bond acceptors (Lipinski definition) is 5. The zero-order valence-electron chi connectivity index (χ0n) is 15.2. The van der Waals surface area contributed by atoms with E-state index >= 15 is 0 Å². The minimum absolute atomic E-state index is 0.108. The van der Waals surface area contributed by atoms with Crippen molar-refractivity contribution in [3.63, 3.8) is 0 Å². The molecule has 1 unspecified atom stereocenters. The smallest absolute Gasteiger partial charge is 0.260 e. The molecule has 3 N–H and O–H groups in total. The average Bonchev–Trinajstić information content (AvgIpc) is 2.81. The lowest BCUT2D eigenvalue weighted by Gasteiger charge is -2.31. The highest BCUT2D eigenvalue weighted by Crippen LogP contribution is 2.36. The third-order valence-corrected chi connectivity index (χ3v) is 5.56. The van der Waals surface area contributed by atoms with Gasteiger partial charge in [0.2, 0.25) is 0 Å². The lowest BCUT2D eigenvalue weighted by molar-refractivity contribution is -0.132. The van der Waals surface area contributed by atoms with Gasteiger partial charge in [-0.1, -0.05) is 39.0 Å². The molecule has 0 aromatic carbocycles. The van der Waals surface area contributed by atoms with Gasteiger partial charge in [0, 0.05) is 7.05 Å². The van der Waals surface area contributed by atoms with Crippen molar-refractivity contribution in [2.75, 3.05) is 13.7 Å². The maximum Gasteiger partial charge on any atom is 0.260 e. The standard InChI is InChI=1S/C19H29N3O3/c1-13-8-9-15(23)16(10-13)25-12-19(11-14-6-4-3-5-7-14)17(24)22(2)18(20)21-19/h9-10,13-14,23H,3-8,11-12H2,1-2H3,(H2,20,21)/t13-,19?/m1/s1. The van der Waals surface area contributed by atoms with Crippen molar-refractivity contribution in [1.82, 2.24) is 4.90 Å². The third kappa shape index (κ3) is 3.67. The normalized spacial score (nSPS) is 30.8. The fraction of sp³-hybridized carbons (Fsp3) is 0.684. The van der Waals surface area contributed by atoms with Gasteiger partial charge >= 0.3 is 0 Å². The predicted octanol–water partition coefficient (Wildman–Crippen LogP) is 2.86. The van der Waals surface area contributed by atoms with Gasteiger partial charge in [0.1, 0.15) is 6.61 Å². The number of likely N-dealkylation sites (N-methyl/N-ethyl adjacent to an activating group) is 1. The highest BCUT2D eigenvalue weighted by Gasteiger charge is 2.48. The summed E-state index contributed by atoms with van der Waals surface area (Å²) < 4.78 is 5.89. The number of carbonyl (C=O) groups is 1. The first-order valence-electron chi connectivity index (χ1n) is 9.29. The number of rotatable bonds is 5. The number of allylic oxidation sites excluding steroid dienone is 2. The number of aliphatic hydroxyl groups is 1. The van der Waals surface area contributed by atoms with E-state index in [4.69, 9.17) is 10.5 Å². The molecule has 3 rings (SSSR count). The summed E-state index contributed by atoms with van der Waals surface area (Å²) in [4.78, 5) is 18.8. The fourth-order valence-corrected chi connectivity index (χ4v) is 4.04. The predicted molar refractivity (Wildman–Crippen MR) is 96.8 cm³/mol. The quantitative estimate of drug-likeness (QED) is 0.800. The van der Waals surface area contributed by atoms with Gasteiger partial charge in [0.15, 0.2) is 23.0 Å². The summed E-state index contributed by atoms with van der Waals surface area (Å²) in [5, 5.41) is 10.0.